The maximum atomic E-state index is 5.58. The Kier molecular flexibility index (Phi) is 3.97. The number of rotatable bonds is 5. The Hall–Kier alpha value is -1.13. The van der Waals surface area contributed by atoms with E-state index in [0.717, 1.165) is 29.5 Å². The van der Waals surface area contributed by atoms with E-state index in [1.807, 2.05) is 25.3 Å². The van der Waals surface area contributed by atoms with E-state index in [0.29, 0.717) is 0 Å². The van der Waals surface area contributed by atoms with Crippen LogP contribution in [0.2, 0.25) is 0 Å². The molecule has 92 valence electrons. The Bertz CT molecular complexity index is 475. The zero-order valence-electron chi connectivity index (χ0n) is 10.5. The molecule has 2 aromatic heterocycles. The molecule has 4 heteroatoms. The molecule has 0 fully saturated rings. The minimum absolute atomic E-state index is 0.220. The summed E-state index contributed by atoms with van der Waals surface area (Å²) < 4.78 is 5.58. The van der Waals surface area contributed by atoms with Gasteiger partial charge in [0.15, 0.2) is 0 Å². The zero-order chi connectivity index (χ0) is 12.3. The molecule has 1 unspecified atom stereocenters. The summed E-state index contributed by atoms with van der Waals surface area (Å²) in [5.41, 5.74) is 0. The predicted molar refractivity (Wildman–Crippen MR) is 70.2 cm³/mol. The summed E-state index contributed by atoms with van der Waals surface area (Å²) in [5, 5.41) is 4.56. The van der Waals surface area contributed by atoms with Gasteiger partial charge in [-0.1, -0.05) is 6.92 Å². The number of hydrogen-bond acceptors (Lipinski definition) is 4. The number of aromatic nitrogens is 1. The normalized spacial score (nSPS) is 12.9. The van der Waals surface area contributed by atoms with Crippen LogP contribution >= 0.6 is 11.3 Å². The number of hydrogen-bond donors (Lipinski definition) is 1. The topological polar surface area (TPSA) is 38.1 Å². The fraction of sp³-hybridized carbons (Fsp3) is 0.462. The first-order valence-corrected chi connectivity index (χ1v) is 6.74. The zero-order valence-corrected chi connectivity index (χ0v) is 11.3. The molecule has 0 bridgehead atoms. The van der Waals surface area contributed by atoms with Crippen molar-refractivity contribution in [3.8, 4) is 0 Å². The highest BCUT2D eigenvalue weighted by Crippen LogP contribution is 2.18. The van der Waals surface area contributed by atoms with Crippen molar-refractivity contribution in [3.63, 3.8) is 0 Å². The van der Waals surface area contributed by atoms with Crippen molar-refractivity contribution in [1.82, 2.24) is 10.3 Å². The van der Waals surface area contributed by atoms with Crippen LogP contribution in [0.4, 0.5) is 0 Å². The minimum Gasteiger partial charge on any atom is -0.465 e. The van der Waals surface area contributed by atoms with Gasteiger partial charge in [0.2, 0.25) is 0 Å². The summed E-state index contributed by atoms with van der Waals surface area (Å²) in [6.45, 7) is 7.02. The van der Waals surface area contributed by atoms with Gasteiger partial charge in [-0.3, -0.25) is 0 Å². The van der Waals surface area contributed by atoms with Gasteiger partial charge in [0, 0.05) is 17.6 Å². The van der Waals surface area contributed by atoms with Crippen molar-refractivity contribution >= 4 is 11.3 Å². The van der Waals surface area contributed by atoms with E-state index in [2.05, 4.69) is 24.1 Å². The lowest BCUT2D eigenvalue weighted by Gasteiger charge is -2.09. The summed E-state index contributed by atoms with van der Waals surface area (Å²) in [7, 11) is 0. The second-order valence-electron chi connectivity index (χ2n) is 4.12. The van der Waals surface area contributed by atoms with Gasteiger partial charge >= 0.3 is 0 Å². The van der Waals surface area contributed by atoms with E-state index in [4.69, 9.17) is 4.42 Å². The van der Waals surface area contributed by atoms with Gasteiger partial charge in [-0.25, -0.2) is 4.98 Å². The molecule has 1 N–H and O–H groups in total. The molecule has 2 aromatic rings. The quantitative estimate of drug-likeness (QED) is 0.883. The van der Waals surface area contributed by atoms with Crippen LogP contribution in [0.1, 0.15) is 41.3 Å². The lowest BCUT2D eigenvalue weighted by Crippen LogP contribution is -2.17. The van der Waals surface area contributed by atoms with Crippen LogP contribution in [0.25, 0.3) is 0 Å². The summed E-state index contributed by atoms with van der Waals surface area (Å²) in [6, 6.07) is 4.23. The first-order chi connectivity index (χ1) is 8.19. The van der Waals surface area contributed by atoms with Crippen LogP contribution in [0, 0.1) is 6.92 Å². The van der Waals surface area contributed by atoms with Crippen LogP contribution in [0.5, 0.6) is 0 Å². The highest BCUT2D eigenvalue weighted by Gasteiger charge is 2.09. The Morgan fingerprint density at radius 2 is 2.29 bits per heavy atom. The third-order valence-electron chi connectivity index (χ3n) is 2.70. The van der Waals surface area contributed by atoms with Crippen LogP contribution in [0.15, 0.2) is 22.7 Å². The molecule has 3 nitrogen and oxygen atoms in total. The number of furan rings is 1. The molecule has 2 heterocycles. The molecule has 0 spiro atoms. The molecule has 1 atom stereocenters. The maximum Gasteiger partial charge on any atom is 0.120 e. The van der Waals surface area contributed by atoms with Crippen molar-refractivity contribution in [2.24, 2.45) is 0 Å². The average Bonchev–Trinajstić information content (AvgIpc) is 2.94. The second-order valence-corrected chi connectivity index (χ2v) is 5.32. The molecule has 0 aliphatic heterocycles. The monoisotopic (exact) mass is 250 g/mol. The predicted octanol–water partition coefficient (Wildman–Crippen LogP) is 3.46. The Balaban J connectivity index is 1.89. The lowest BCUT2D eigenvalue weighted by molar-refractivity contribution is 0.415. The van der Waals surface area contributed by atoms with E-state index >= 15 is 0 Å². The highest BCUT2D eigenvalue weighted by atomic mass is 32.1. The van der Waals surface area contributed by atoms with E-state index < -0.39 is 0 Å². The van der Waals surface area contributed by atoms with Gasteiger partial charge < -0.3 is 9.73 Å². The van der Waals surface area contributed by atoms with Gasteiger partial charge in [-0.15, -0.1) is 11.3 Å². The van der Waals surface area contributed by atoms with E-state index in [-0.39, 0.29) is 6.04 Å². The molecule has 0 aromatic carbocycles. The van der Waals surface area contributed by atoms with Gasteiger partial charge in [0.05, 0.1) is 6.04 Å². The third kappa shape index (κ3) is 3.17. The number of thiazole rings is 1. The van der Waals surface area contributed by atoms with Crippen molar-refractivity contribution in [2.75, 3.05) is 0 Å². The van der Waals surface area contributed by atoms with Crippen LogP contribution < -0.4 is 5.32 Å². The fourth-order valence-corrected chi connectivity index (χ4v) is 2.43. The summed E-state index contributed by atoms with van der Waals surface area (Å²) in [6.07, 6.45) is 3.02. The molecular formula is C13H18N2OS. The number of nitrogens with one attached hydrogen (secondary N) is 1. The second kappa shape index (κ2) is 5.47. The van der Waals surface area contributed by atoms with Crippen molar-refractivity contribution < 1.29 is 4.42 Å². The first kappa shape index (κ1) is 12.3. The molecule has 2 rings (SSSR count). The Morgan fingerprint density at radius 3 is 2.88 bits per heavy atom. The molecule has 0 radical (unpaired) electrons. The van der Waals surface area contributed by atoms with Crippen molar-refractivity contribution in [3.05, 3.63) is 39.7 Å². The summed E-state index contributed by atoms with van der Waals surface area (Å²) in [4.78, 5) is 5.72. The van der Waals surface area contributed by atoms with Gasteiger partial charge in [0.1, 0.15) is 16.5 Å². The molecule has 0 saturated heterocycles. The Labute approximate surface area is 106 Å². The van der Waals surface area contributed by atoms with Crippen LogP contribution in [-0.4, -0.2) is 4.98 Å². The largest absolute Gasteiger partial charge is 0.465 e. The van der Waals surface area contributed by atoms with E-state index in [1.54, 1.807) is 11.3 Å². The standard InChI is InChI=1S/C13H18N2OS/c1-4-11-7-15-13(17-11)8-14-10(3)12-6-5-9(2)16-12/h5-7,10,14H,4,8H2,1-3H3. The van der Waals surface area contributed by atoms with Crippen LogP contribution in [0.3, 0.4) is 0 Å². The summed E-state index contributed by atoms with van der Waals surface area (Å²) >= 11 is 1.77. The van der Waals surface area contributed by atoms with E-state index in [1.165, 1.54) is 4.88 Å². The molecule has 17 heavy (non-hydrogen) atoms. The van der Waals surface area contributed by atoms with Gasteiger partial charge in [-0.2, -0.15) is 0 Å². The van der Waals surface area contributed by atoms with Gasteiger partial charge in [-0.05, 0) is 32.4 Å². The molecule has 0 aliphatic carbocycles. The smallest absolute Gasteiger partial charge is 0.120 e. The minimum atomic E-state index is 0.220. The van der Waals surface area contributed by atoms with Crippen molar-refractivity contribution in [2.45, 2.75) is 39.8 Å². The number of aryl methyl sites for hydroxylation is 2. The maximum absolute atomic E-state index is 5.58. The fourth-order valence-electron chi connectivity index (χ4n) is 1.62. The van der Waals surface area contributed by atoms with Crippen molar-refractivity contribution in [1.29, 1.82) is 0 Å². The number of nitrogens with zero attached hydrogens (tertiary/aromatic N) is 1. The SMILES string of the molecule is CCc1cnc(CNC(C)c2ccc(C)o2)s1. The van der Waals surface area contributed by atoms with E-state index in [9.17, 15) is 0 Å². The molecular weight excluding hydrogens is 232 g/mol. The molecule has 0 saturated carbocycles. The van der Waals surface area contributed by atoms with Crippen LogP contribution in [-0.2, 0) is 13.0 Å². The first-order valence-electron chi connectivity index (χ1n) is 5.92. The lowest BCUT2D eigenvalue weighted by atomic mass is 10.2. The van der Waals surface area contributed by atoms with Gasteiger partial charge in [0.25, 0.3) is 0 Å². The highest BCUT2D eigenvalue weighted by molar-refractivity contribution is 7.11. The third-order valence-corrected chi connectivity index (χ3v) is 3.84. The Morgan fingerprint density at radius 1 is 1.47 bits per heavy atom. The molecule has 0 aliphatic rings. The average molecular weight is 250 g/mol. The molecule has 0 amide bonds. The summed E-state index contributed by atoms with van der Waals surface area (Å²) in [5.74, 6) is 1.94.